The zero-order valence-corrected chi connectivity index (χ0v) is 13.8. The molecule has 1 saturated heterocycles. The molecule has 1 fully saturated rings. The first-order valence-electron chi connectivity index (χ1n) is 7.77. The lowest BCUT2D eigenvalue weighted by Gasteiger charge is -2.31. The van der Waals surface area contributed by atoms with Gasteiger partial charge in [0.15, 0.2) is 5.82 Å². The molecule has 2 aromatic heterocycles. The average molecular weight is 319 g/mol. The molecule has 0 saturated carbocycles. The molecule has 3 rings (SSSR count). The maximum Gasteiger partial charge on any atom is 0.254 e. The third kappa shape index (κ3) is 3.38. The number of piperidine rings is 1. The second-order valence-electron chi connectivity index (χ2n) is 6.15. The fourth-order valence-electron chi connectivity index (χ4n) is 2.74. The highest BCUT2D eigenvalue weighted by molar-refractivity contribution is 7.08. The summed E-state index contributed by atoms with van der Waals surface area (Å²) in [4.78, 5) is 18.7. The van der Waals surface area contributed by atoms with Crippen molar-refractivity contribution in [2.24, 2.45) is 5.92 Å². The van der Waals surface area contributed by atoms with Gasteiger partial charge < -0.3 is 9.42 Å². The van der Waals surface area contributed by atoms with Crippen LogP contribution in [0.3, 0.4) is 0 Å². The first kappa shape index (κ1) is 15.2. The second kappa shape index (κ2) is 6.60. The minimum atomic E-state index is 0.152. The Balaban J connectivity index is 1.52. The molecule has 118 valence electrons. The molecule has 1 amide bonds. The number of thiophene rings is 1. The van der Waals surface area contributed by atoms with Crippen molar-refractivity contribution in [2.45, 2.75) is 39.0 Å². The Morgan fingerprint density at radius 2 is 2.23 bits per heavy atom. The fourth-order valence-corrected chi connectivity index (χ4v) is 3.37. The largest absolute Gasteiger partial charge is 0.339 e. The van der Waals surface area contributed by atoms with Gasteiger partial charge in [0.2, 0.25) is 5.89 Å². The highest BCUT2D eigenvalue weighted by atomic mass is 32.1. The molecule has 5 nitrogen and oxygen atoms in total. The highest BCUT2D eigenvalue weighted by Crippen LogP contribution is 2.23. The molecule has 0 unspecified atom stereocenters. The molecule has 0 bridgehead atoms. The summed E-state index contributed by atoms with van der Waals surface area (Å²) in [6.45, 7) is 5.74. The van der Waals surface area contributed by atoms with E-state index >= 15 is 0 Å². The van der Waals surface area contributed by atoms with Gasteiger partial charge in [-0.05, 0) is 30.2 Å². The van der Waals surface area contributed by atoms with Gasteiger partial charge in [-0.2, -0.15) is 16.3 Å². The summed E-state index contributed by atoms with van der Waals surface area (Å²) in [7, 11) is 0. The molecule has 3 heterocycles. The van der Waals surface area contributed by atoms with Crippen LogP contribution < -0.4 is 0 Å². The van der Waals surface area contributed by atoms with Crippen LogP contribution in [0.1, 0.15) is 54.7 Å². The van der Waals surface area contributed by atoms with Gasteiger partial charge in [0, 0.05) is 30.8 Å². The van der Waals surface area contributed by atoms with Crippen LogP contribution in [0, 0.1) is 5.92 Å². The summed E-state index contributed by atoms with van der Waals surface area (Å²) in [5.41, 5.74) is 0.807. The SMILES string of the molecule is CC(C)c1noc(CC2CCN(C(=O)c3ccsc3)CC2)n1. The van der Waals surface area contributed by atoms with E-state index in [0.717, 1.165) is 49.6 Å². The predicted octanol–water partition coefficient (Wildman–Crippen LogP) is 3.35. The van der Waals surface area contributed by atoms with Gasteiger partial charge >= 0.3 is 0 Å². The summed E-state index contributed by atoms with van der Waals surface area (Å²) in [6, 6.07) is 1.89. The van der Waals surface area contributed by atoms with Crippen molar-refractivity contribution in [1.82, 2.24) is 15.0 Å². The molecular formula is C16H21N3O2S. The number of hydrogen-bond acceptors (Lipinski definition) is 5. The Bertz CT molecular complexity index is 613. The second-order valence-corrected chi connectivity index (χ2v) is 6.93. The molecule has 1 aliphatic heterocycles. The van der Waals surface area contributed by atoms with Crippen molar-refractivity contribution in [3.05, 3.63) is 34.1 Å². The molecule has 0 aromatic carbocycles. The molecule has 0 spiro atoms. The predicted molar refractivity (Wildman–Crippen MR) is 85.0 cm³/mol. The van der Waals surface area contributed by atoms with Gasteiger partial charge in [-0.3, -0.25) is 4.79 Å². The van der Waals surface area contributed by atoms with Gasteiger partial charge in [0.25, 0.3) is 5.91 Å². The Kier molecular flexibility index (Phi) is 4.57. The van der Waals surface area contributed by atoms with Crippen LogP contribution in [0.5, 0.6) is 0 Å². The average Bonchev–Trinajstić information content (AvgIpc) is 3.19. The molecule has 0 aliphatic carbocycles. The van der Waals surface area contributed by atoms with E-state index in [1.807, 2.05) is 21.7 Å². The van der Waals surface area contributed by atoms with Crippen LogP contribution in [0.25, 0.3) is 0 Å². The molecule has 2 aromatic rings. The lowest BCUT2D eigenvalue weighted by molar-refractivity contribution is 0.0688. The number of hydrogen-bond donors (Lipinski definition) is 0. The smallest absolute Gasteiger partial charge is 0.254 e. The normalized spacial score (nSPS) is 16.4. The maximum absolute atomic E-state index is 12.3. The van der Waals surface area contributed by atoms with E-state index in [-0.39, 0.29) is 5.91 Å². The number of rotatable bonds is 4. The van der Waals surface area contributed by atoms with Gasteiger partial charge in [0.05, 0.1) is 5.56 Å². The molecule has 0 N–H and O–H groups in total. The molecule has 0 atom stereocenters. The van der Waals surface area contributed by atoms with Gasteiger partial charge in [0.1, 0.15) is 0 Å². The van der Waals surface area contributed by atoms with E-state index < -0.39 is 0 Å². The monoisotopic (exact) mass is 319 g/mol. The minimum absolute atomic E-state index is 0.152. The van der Waals surface area contributed by atoms with Crippen LogP contribution in [0.15, 0.2) is 21.3 Å². The third-order valence-corrected chi connectivity index (χ3v) is 4.82. The van der Waals surface area contributed by atoms with Crippen molar-refractivity contribution in [1.29, 1.82) is 0 Å². The van der Waals surface area contributed by atoms with E-state index in [4.69, 9.17) is 4.52 Å². The van der Waals surface area contributed by atoms with E-state index in [1.54, 1.807) is 11.3 Å². The lowest BCUT2D eigenvalue weighted by atomic mass is 9.93. The number of nitrogens with zero attached hydrogens (tertiary/aromatic N) is 3. The van der Waals surface area contributed by atoms with Crippen LogP contribution in [0.2, 0.25) is 0 Å². The van der Waals surface area contributed by atoms with Crippen molar-refractivity contribution >= 4 is 17.2 Å². The minimum Gasteiger partial charge on any atom is -0.339 e. The Hall–Kier alpha value is -1.69. The zero-order chi connectivity index (χ0) is 15.5. The highest BCUT2D eigenvalue weighted by Gasteiger charge is 2.25. The fraction of sp³-hybridized carbons (Fsp3) is 0.562. The van der Waals surface area contributed by atoms with Crippen molar-refractivity contribution in [2.75, 3.05) is 13.1 Å². The molecule has 0 radical (unpaired) electrons. The third-order valence-electron chi connectivity index (χ3n) is 4.13. The van der Waals surface area contributed by atoms with Crippen molar-refractivity contribution in [3.8, 4) is 0 Å². The summed E-state index contributed by atoms with van der Waals surface area (Å²) in [5.74, 6) is 2.47. The number of carbonyl (C=O) groups is 1. The number of carbonyl (C=O) groups excluding carboxylic acids is 1. The maximum atomic E-state index is 12.3. The van der Waals surface area contributed by atoms with Crippen molar-refractivity contribution in [3.63, 3.8) is 0 Å². The molecule has 1 aliphatic rings. The number of aromatic nitrogens is 2. The van der Waals surface area contributed by atoms with Gasteiger partial charge in [-0.25, -0.2) is 0 Å². The van der Waals surface area contributed by atoms with E-state index in [0.29, 0.717) is 11.8 Å². The van der Waals surface area contributed by atoms with Crippen LogP contribution in [0.4, 0.5) is 0 Å². The summed E-state index contributed by atoms with van der Waals surface area (Å²) >= 11 is 1.56. The lowest BCUT2D eigenvalue weighted by Crippen LogP contribution is -2.38. The Morgan fingerprint density at radius 3 is 2.82 bits per heavy atom. The first-order chi connectivity index (χ1) is 10.6. The van der Waals surface area contributed by atoms with Gasteiger partial charge in [-0.1, -0.05) is 19.0 Å². The van der Waals surface area contributed by atoms with Gasteiger partial charge in [-0.15, -0.1) is 0 Å². The Morgan fingerprint density at radius 1 is 1.45 bits per heavy atom. The number of amides is 1. The molecule has 6 heteroatoms. The van der Waals surface area contributed by atoms with E-state index in [9.17, 15) is 4.79 Å². The quantitative estimate of drug-likeness (QED) is 0.867. The Labute approximate surface area is 134 Å². The molecular weight excluding hydrogens is 298 g/mol. The van der Waals surface area contributed by atoms with E-state index in [1.165, 1.54) is 0 Å². The standard InChI is InChI=1S/C16H21N3O2S/c1-11(2)15-17-14(21-18-15)9-12-3-6-19(7-4-12)16(20)13-5-8-22-10-13/h5,8,10-12H,3-4,6-7,9H2,1-2H3. The number of likely N-dealkylation sites (tertiary alicyclic amines) is 1. The summed E-state index contributed by atoms with van der Waals surface area (Å²) in [6.07, 6.45) is 2.81. The van der Waals surface area contributed by atoms with Crippen LogP contribution in [-0.2, 0) is 6.42 Å². The van der Waals surface area contributed by atoms with Crippen LogP contribution in [-0.4, -0.2) is 34.0 Å². The zero-order valence-electron chi connectivity index (χ0n) is 13.0. The van der Waals surface area contributed by atoms with Crippen molar-refractivity contribution < 1.29 is 9.32 Å². The van der Waals surface area contributed by atoms with Crippen LogP contribution >= 0.6 is 11.3 Å². The van der Waals surface area contributed by atoms with E-state index in [2.05, 4.69) is 24.0 Å². The summed E-state index contributed by atoms with van der Waals surface area (Å²) < 4.78 is 5.32. The molecule has 22 heavy (non-hydrogen) atoms. The topological polar surface area (TPSA) is 59.2 Å². The summed E-state index contributed by atoms with van der Waals surface area (Å²) in [5, 5.41) is 7.87. The first-order valence-corrected chi connectivity index (χ1v) is 8.71.